The molecule has 6 heteroatoms. The van der Waals surface area contributed by atoms with Gasteiger partial charge < -0.3 is 15.6 Å². The van der Waals surface area contributed by atoms with Gasteiger partial charge in [-0.2, -0.15) is 4.98 Å². The normalized spacial score (nSPS) is 12.4. The molecule has 1 aromatic rings. The molecule has 1 rings (SSSR count). The third kappa shape index (κ3) is 4.95. The van der Waals surface area contributed by atoms with Crippen LogP contribution in [-0.2, 0) is 11.2 Å². The second kappa shape index (κ2) is 7.01. The molecule has 1 atom stereocenters. The minimum absolute atomic E-state index is 0.0264. The minimum Gasteiger partial charge on any atom is -0.356 e. The highest BCUT2D eigenvalue weighted by atomic mass is 16.5. The fourth-order valence-corrected chi connectivity index (χ4v) is 1.48. The summed E-state index contributed by atoms with van der Waals surface area (Å²) in [5, 5.41) is 6.49. The lowest BCUT2D eigenvalue weighted by atomic mass is 10.0. The van der Waals surface area contributed by atoms with Gasteiger partial charge in [0.05, 0.1) is 0 Å². The van der Waals surface area contributed by atoms with Gasteiger partial charge in [0.2, 0.25) is 11.8 Å². The number of carbonyl (C=O) groups excluding carboxylic acids is 1. The molecule has 1 aromatic heterocycles. The molecule has 0 radical (unpaired) electrons. The molecule has 1 heterocycles. The number of carbonyl (C=O) groups is 1. The number of rotatable bonds is 7. The summed E-state index contributed by atoms with van der Waals surface area (Å²) in [6, 6.07) is 0. The molecule has 1 amide bonds. The molecule has 6 nitrogen and oxygen atoms in total. The molecule has 0 bridgehead atoms. The molecular weight excluding hydrogens is 220 g/mol. The predicted molar refractivity (Wildman–Crippen MR) is 63.2 cm³/mol. The highest BCUT2D eigenvalue weighted by Crippen LogP contribution is 2.05. The van der Waals surface area contributed by atoms with Crippen LogP contribution in [0.3, 0.4) is 0 Å². The Bertz CT molecular complexity index is 347. The maximum absolute atomic E-state index is 11.5. The first-order valence-electron chi connectivity index (χ1n) is 5.91. The van der Waals surface area contributed by atoms with Crippen molar-refractivity contribution in [2.75, 3.05) is 13.1 Å². The highest BCUT2D eigenvalue weighted by Gasteiger charge is 2.10. The molecule has 96 valence electrons. The molecule has 0 spiro atoms. The first-order valence-corrected chi connectivity index (χ1v) is 5.91. The summed E-state index contributed by atoms with van der Waals surface area (Å²) in [4.78, 5) is 15.6. The van der Waals surface area contributed by atoms with E-state index in [9.17, 15) is 4.79 Å². The van der Waals surface area contributed by atoms with E-state index in [4.69, 9.17) is 10.3 Å². The van der Waals surface area contributed by atoms with Crippen LogP contribution in [-0.4, -0.2) is 29.1 Å². The summed E-state index contributed by atoms with van der Waals surface area (Å²) in [7, 11) is 0. The summed E-state index contributed by atoms with van der Waals surface area (Å²) in [6.45, 7) is 4.86. The van der Waals surface area contributed by atoms with Crippen LogP contribution in [0.1, 0.15) is 31.5 Å². The van der Waals surface area contributed by atoms with E-state index in [1.165, 1.54) is 0 Å². The first kappa shape index (κ1) is 13.6. The Morgan fingerprint density at radius 1 is 1.59 bits per heavy atom. The second-order valence-corrected chi connectivity index (χ2v) is 4.05. The third-order valence-electron chi connectivity index (χ3n) is 2.62. The zero-order chi connectivity index (χ0) is 12.7. The Morgan fingerprint density at radius 2 is 2.35 bits per heavy atom. The van der Waals surface area contributed by atoms with Crippen molar-refractivity contribution in [2.24, 2.45) is 11.7 Å². The fraction of sp³-hybridized carbons (Fsp3) is 0.727. The number of hydrogen-bond donors (Lipinski definition) is 2. The zero-order valence-electron chi connectivity index (χ0n) is 10.4. The number of aryl methyl sites for hydroxylation is 1. The van der Waals surface area contributed by atoms with Gasteiger partial charge in [-0.1, -0.05) is 18.5 Å². The van der Waals surface area contributed by atoms with Crippen molar-refractivity contribution in [1.82, 2.24) is 15.5 Å². The second-order valence-electron chi connectivity index (χ2n) is 4.05. The van der Waals surface area contributed by atoms with Crippen LogP contribution in [0, 0.1) is 12.8 Å². The number of nitrogens with one attached hydrogen (secondary N) is 1. The van der Waals surface area contributed by atoms with Gasteiger partial charge >= 0.3 is 0 Å². The third-order valence-corrected chi connectivity index (χ3v) is 2.62. The maximum atomic E-state index is 11.5. The fourth-order valence-electron chi connectivity index (χ4n) is 1.48. The van der Waals surface area contributed by atoms with Gasteiger partial charge in [0.15, 0.2) is 5.82 Å². The Morgan fingerprint density at radius 3 is 2.88 bits per heavy atom. The quantitative estimate of drug-likeness (QED) is 0.720. The molecule has 0 fully saturated rings. The summed E-state index contributed by atoms with van der Waals surface area (Å²) in [5.74, 6) is 1.45. The number of amides is 1. The van der Waals surface area contributed by atoms with Crippen LogP contribution >= 0.6 is 0 Å². The SMILES string of the molecule is CCC(CN)CC(=O)NCCc1nc(C)no1. The highest BCUT2D eigenvalue weighted by molar-refractivity contribution is 5.76. The van der Waals surface area contributed by atoms with Crippen LogP contribution in [0.4, 0.5) is 0 Å². The number of hydrogen-bond acceptors (Lipinski definition) is 5. The van der Waals surface area contributed by atoms with Crippen LogP contribution in [0.15, 0.2) is 4.52 Å². The van der Waals surface area contributed by atoms with Crippen LogP contribution < -0.4 is 11.1 Å². The topological polar surface area (TPSA) is 94.0 Å². The standard InChI is InChI=1S/C11H20N4O2/c1-3-9(7-12)6-10(16)13-5-4-11-14-8(2)15-17-11/h9H,3-7,12H2,1-2H3,(H,13,16). The number of nitrogens with two attached hydrogens (primary N) is 1. The van der Waals surface area contributed by atoms with Gasteiger partial charge in [0.1, 0.15) is 0 Å². The van der Waals surface area contributed by atoms with Crippen molar-refractivity contribution in [3.63, 3.8) is 0 Å². The lowest BCUT2D eigenvalue weighted by Crippen LogP contribution is -2.29. The smallest absolute Gasteiger partial charge is 0.228 e. The summed E-state index contributed by atoms with van der Waals surface area (Å²) in [5.41, 5.74) is 5.54. The van der Waals surface area contributed by atoms with Crippen LogP contribution in [0.2, 0.25) is 0 Å². The van der Waals surface area contributed by atoms with Crippen LogP contribution in [0.5, 0.6) is 0 Å². The average molecular weight is 240 g/mol. The van der Waals surface area contributed by atoms with E-state index in [0.29, 0.717) is 37.6 Å². The lowest BCUT2D eigenvalue weighted by Gasteiger charge is -2.11. The summed E-state index contributed by atoms with van der Waals surface area (Å²) >= 11 is 0. The molecular formula is C11H20N4O2. The van der Waals surface area contributed by atoms with E-state index >= 15 is 0 Å². The first-order chi connectivity index (χ1) is 8.15. The van der Waals surface area contributed by atoms with Crippen molar-refractivity contribution in [3.05, 3.63) is 11.7 Å². The zero-order valence-corrected chi connectivity index (χ0v) is 10.4. The molecule has 0 aliphatic heterocycles. The predicted octanol–water partition coefficient (Wildman–Crippen LogP) is 0.412. The van der Waals surface area contributed by atoms with Crippen molar-refractivity contribution < 1.29 is 9.32 Å². The molecule has 17 heavy (non-hydrogen) atoms. The molecule has 0 aromatic carbocycles. The molecule has 0 saturated carbocycles. The van der Waals surface area contributed by atoms with E-state index in [1.807, 2.05) is 6.92 Å². The Kier molecular flexibility index (Phi) is 5.62. The van der Waals surface area contributed by atoms with Gasteiger partial charge in [-0.05, 0) is 19.4 Å². The van der Waals surface area contributed by atoms with Gasteiger partial charge in [-0.3, -0.25) is 4.79 Å². The van der Waals surface area contributed by atoms with Crippen LogP contribution in [0.25, 0.3) is 0 Å². The minimum atomic E-state index is 0.0264. The molecule has 0 aliphatic rings. The van der Waals surface area contributed by atoms with E-state index in [0.717, 1.165) is 6.42 Å². The summed E-state index contributed by atoms with van der Waals surface area (Å²) in [6.07, 6.45) is 1.97. The average Bonchev–Trinajstić information content (AvgIpc) is 2.72. The summed E-state index contributed by atoms with van der Waals surface area (Å²) < 4.78 is 4.94. The Balaban J connectivity index is 2.20. The molecule has 0 aliphatic carbocycles. The van der Waals surface area contributed by atoms with Crippen molar-refractivity contribution in [2.45, 2.75) is 33.1 Å². The Labute approximate surface area is 101 Å². The Hall–Kier alpha value is -1.43. The monoisotopic (exact) mass is 240 g/mol. The van der Waals surface area contributed by atoms with Gasteiger partial charge in [0, 0.05) is 19.4 Å². The van der Waals surface area contributed by atoms with Crippen molar-refractivity contribution >= 4 is 5.91 Å². The van der Waals surface area contributed by atoms with E-state index < -0.39 is 0 Å². The number of aromatic nitrogens is 2. The van der Waals surface area contributed by atoms with E-state index in [2.05, 4.69) is 15.5 Å². The van der Waals surface area contributed by atoms with Crippen molar-refractivity contribution in [3.8, 4) is 0 Å². The largest absolute Gasteiger partial charge is 0.356 e. The molecule has 1 unspecified atom stereocenters. The van der Waals surface area contributed by atoms with Crippen molar-refractivity contribution in [1.29, 1.82) is 0 Å². The lowest BCUT2D eigenvalue weighted by molar-refractivity contribution is -0.121. The van der Waals surface area contributed by atoms with Gasteiger partial charge in [-0.15, -0.1) is 0 Å². The van der Waals surface area contributed by atoms with E-state index in [1.54, 1.807) is 6.92 Å². The molecule has 0 saturated heterocycles. The van der Waals surface area contributed by atoms with Gasteiger partial charge in [-0.25, -0.2) is 0 Å². The number of nitrogens with zero attached hydrogens (tertiary/aromatic N) is 2. The molecule has 3 N–H and O–H groups in total. The maximum Gasteiger partial charge on any atom is 0.228 e. The van der Waals surface area contributed by atoms with Gasteiger partial charge in [0.25, 0.3) is 0 Å². The van der Waals surface area contributed by atoms with E-state index in [-0.39, 0.29) is 11.8 Å².